The Balaban J connectivity index is 1.63. The van der Waals surface area contributed by atoms with E-state index in [-0.39, 0.29) is 0 Å². The molecule has 0 unspecified atom stereocenters. The minimum Gasteiger partial charge on any atom is -0.305 e. The molecule has 3 heteroatoms. The lowest BCUT2D eigenvalue weighted by molar-refractivity contribution is 0.578. The Morgan fingerprint density at radius 3 is 2.57 bits per heavy atom. The smallest absolute Gasteiger partial charge is 0.0305 e. The molecule has 2 heterocycles. The van der Waals surface area contributed by atoms with Gasteiger partial charge in [-0.05, 0) is 47.2 Å². The summed E-state index contributed by atoms with van der Waals surface area (Å²) in [6.45, 7) is 3.07. The number of hydrogen-bond donors (Lipinski definition) is 1. The number of thiophene rings is 1. The van der Waals surface area contributed by atoms with E-state index in [4.69, 9.17) is 0 Å². The highest BCUT2D eigenvalue weighted by Crippen LogP contribution is 2.25. The summed E-state index contributed by atoms with van der Waals surface area (Å²) in [4.78, 5) is 5.41. The largest absolute Gasteiger partial charge is 0.305 e. The molecule has 2 aromatic heterocycles. The second-order valence-corrected chi connectivity index (χ2v) is 6.05. The van der Waals surface area contributed by atoms with Gasteiger partial charge in [0.2, 0.25) is 0 Å². The lowest BCUT2D eigenvalue weighted by Crippen LogP contribution is -2.17. The summed E-state index contributed by atoms with van der Waals surface area (Å²) in [5, 5.41) is 5.79. The minimum atomic E-state index is 0.329. The second-order valence-electron chi connectivity index (χ2n) is 5.05. The third-order valence-electron chi connectivity index (χ3n) is 3.55. The van der Waals surface area contributed by atoms with Gasteiger partial charge in [-0.3, -0.25) is 4.98 Å². The molecule has 2 nitrogen and oxygen atoms in total. The van der Waals surface area contributed by atoms with Gasteiger partial charge in [0.05, 0.1) is 0 Å². The van der Waals surface area contributed by atoms with Crippen molar-refractivity contribution in [3.8, 4) is 11.1 Å². The fraction of sp³-hybridized carbons (Fsp3) is 0.167. The van der Waals surface area contributed by atoms with Gasteiger partial charge in [0, 0.05) is 29.9 Å². The molecule has 1 atom stereocenters. The first-order valence-electron chi connectivity index (χ1n) is 7.09. The van der Waals surface area contributed by atoms with Gasteiger partial charge in [-0.2, -0.15) is 0 Å². The van der Waals surface area contributed by atoms with Crippen LogP contribution in [0.15, 0.2) is 66.3 Å². The molecule has 0 amide bonds. The molecule has 21 heavy (non-hydrogen) atoms. The van der Waals surface area contributed by atoms with Gasteiger partial charge in [-0.25, -0.2) is 0 Å². The van der Waals surface area contributed by atoms with Crippen LogP contribution in [-0.2, 0) is 6.54 Å². The topological polar surface area (TPSA) is 24.9 Å². The molecule has 3 aromatic rings. The first kappa shape index (κ1) is 14.0. The van der Waals surface area contributed by atoms with Gasteiger partial charge in [0.25, 0.3) is 0 Å². The molecule has 0 aliphatic carbocycles. The van der Waals surface area contributed by atoms with Gasteiger partial charge in [0.15, 0.2) is 0 Å². The number of nitrogens with one attached hydrogen (secondary N) is 1. The maximum atomic E-state index is 4.06. The molecule has 0 saturated heterocycles. The molecule has 0 fully saturated rings. The molecular weight excluding hydrogens is 276 g/mol. The van der Waals surface area contributed by atoms with Crippen LogP contribution < -0.4 is 5.32 Å². The zero-order chi connectivity index (χ0) is 14.5. The van der Waals surface area contributed by atoms with E-state index < -0.39 is 0 Å². The SMILES string of the molecule is C[C@@H](NCc1cc(-c2ccccc2)cs1)c1ccncc1. The second kappa shape index (κ2) is 6.66. The Labute approximate surface area is 129 Å². The molecule has 0 spiro atoms. The highest BCUT2D eigenvalue weighted by atomic mass is 32.1. The molecule has 0 saturated carbocycles. The van der Waals surface area contributed by atoms with Crippen molar-refractivity contribution in [3.05, 3.63) is 76.7 Å². The van der Waals surface area contributed by atoms with E-state index in [1.165, 1.54) is 21.6 Å². The Hall–Kier alpha value is -1.97. The lowest BCUT2D eigenvalue weighted by Gasteiger charge is -2.12. The summed E-state index contributed by atoms with van der Waals surface area (Å²) in [6, 6.07) is 17.2. The van der Waals surface area contributed by atoms with Crippen LogP contribution >= 0.6 is 11.3 Å². The normalized spacial score (nSPS) is 12.2. The number of aromatic nitrogens is 1. The van der Waals surface area contributed by atoms with Crippen molar-refractivity contribution in [3.63, 3.8) is 0 Å². The van der Waals surface area contributed by atoms with Crippen molar-refractivity contribution < 1.29 is 0 Å². The van der Waals surface area contributed by atoms with Gasteiger partial charge < -0.3 is 5.32 Å². The monoisotopic (exact) mass is 294 g/mol. The average molecular weight is 294 g/mol. The number of pyridine rings is 1. The first-order valence-corrected chi connectivity index (χ1v) is 7.97. The number of rotatable bonds is 5. The Bertz CT molecular complexity index is 677. The van der Waals surface area contributed by atoms with Crippen molar-refractivity contribution in [1.29, 1.82) is 0 Å². The van der Waals surface area contributed by atoms with Gasteiger partial charge >= 0.3 is 0 Å². The van der Waals surface area contributed by atoms with Crippen LogP contribution in [0.5, 0.6) is 0 Å². The predicted molar refractivity (Wildman–Crippen MR) is 89.2 cm³/mol. The zero-order valence-electron chi connectivity index (χ0n) is 12.0. The van der Waals surface area contributed by atoms with E-state index in [1.807, 2.05) is 12.4 Å². The predicted octanol–water partition coefficient (Wildman–Crippen LogP) is 4.66. The van der Waals surface area contributed by atoms with Crippen LogP contribution in [0.4, 0.5) is 0 Å². The maximum Gasteiger partial charge on any atom is 0.0305 e. The van der Waals surface area contributed by atoms with Crippen molar-refractivity contribution >= 4 is 11.3 Å². The Kier molecular flexibility index (Phi) is 4.43. The molecule has 0 bridgehead atoms. The van der Waals surface area contributed by atoms with Crippen molar-refractivity contribution in [2.45, 2.75) is 19.5 Å². The Morgan fingerprint density at radius 2 is 1.81 bits per heavy atom. The van der Waals surface area contributed by atoms with Crippen LogP contribution in [0.2, 0.25) is 0 Å². The third kappa shape index (κ3) is 3.57. The summed E-state index contributed by atoms with van der Waals surface area (Å²) in [7, 11) is 0. The van der Waals surface area contributed by atoms with E-state index >= 15 is 0 Å². The third-order valence-corrected chi connectivity index (χ3v) is 4.49. The molecule has 1 aromatic carbocycles. The highest BCUT2D eigenvalue weighted by molar-refractivity contribution is 7.10. The fourth-order valence-corrected chi connectivity index (χ4v) is 3.12. The quantitative estimate of drug-likeness (QED) is 0.740. The van der Waals surface area contributed by atoms with Crippen molar-refractivity contribution in [1.82, 2.24) is 10.3 Å². The zero-order valence-corrected chi connectivity index (χ0v) is 12.8. The minimum absolute atomic E-state index is 0.329. The average Bonchev–Trinajstić information content (AvgIpc) is 3.03. The lowest BCUT2D eigenvalue weighted by atomic mass is 10.1. The van der Waals surface area contributed by atoms with Crippen molar-refractivity contribution in [2.75, 3.05) is 0 Å². The molecule has 0 aliphatic heterocycles. The van der Waals surface area contributed by atoms with Crippen LogP contribution in [0, 0.1) is 0 Å². The summed E-state index contributed by atoms with van der Waals surface area (Å²) in [6.07, 6.45) is 3.68. The van der Waals surface area contributed by atoms with Gasteiger partial charge in [0.1, 0.15) is 0 Å². The molecule has 1 N–H and O–H groups in total. The van der Waals surface area contributed by atoms with E-state index in [0.717, 1.165) is 6.54 Å². The summed E-state index contributed by atoms with van der Waals surface area (Å²) in [5.74, 6) is 0. The van der Waals surface area contributed by atoms with E-state index in [1.54, 1.807) is 11.3 Å². The number of hydrogen-bond acceptors (Lipinski definition) is 3. The van der Waals surface area contributed by atoms with Crippen molar-refractivity contribution in [2.24, 2.45) is 0 Å². The van der Waals surface area contributed by atoms with Crippen LogP contribution in [0.25, 0.3) is 11.1 Å². The molecule has 106 valence electrons. The number of nitrogens with zero attached hydrogens (tertiary/aromatic N) is 1. The standard InChI is InChI=1S/C18H18N2S/c1-14(15-7-9-19-10-8-15)20-12-18-11-17(13-21-18)16-5-3-2-4-6-16/h2-11,13-14,20H,12H2,1H3/t14-/m1/s1. The molecule has 0 aliphatic rings. The number of benzene rings is 1. The summed E-state index contributed by atoms with van der Waals surface area (Å²) < 4.78 is 0. The summed E-state index contributed by atoms with van der Waals surface area (Å²) in [5.41, 5.74) is 3.85. The fourth-order valence-electron chi connectivity index (χ4n) is 2.28. The molecule has 0 radical (unpaired) electrons. The van der Waals surface area contributed by atoms with E-state index in [0.29, 0.717) is 6.04 Å². The van der Waals surface area contributed by atoms with Crippen LogP contribution in [0.1, 0.15) is 23.4 Å². The van der Waals surface area contributed by atoms with Gasteiger partial charge in [-0.15, -0.1) is 11.3 Å². The first-order chi connectivity index (χ1) is 10.3. The maximum absolute atomic E-state index is 4.06. The van der Waals surface area contributed by atoms with Crippen LogP contribution in [0.3, 0.4) is 0 Å². The van der Waals surface area contributed by atoms with E-state index in [2.05, 4.69) is 71.1 Å². The van der Waals surface area contributed by atoms with Gasteiger partial charge in [-0.1, -0.05) is 30.3 Å². The Morgan fingerprint density at radius 1 is 1.05 bits per heavy atom. The highest BCUT2D eigenvalue weighted by Gasteiger charge is 2.06. The van der Waals surface area contributed by atoms with Crippen LogP contribution in [-0.4, -0.2) is 4.98 Å². The molecular formula is C18H18N2S. The molecule has 3 rings (SSSR count). The van der Waals surface area contributed by atoms with E-state index in [9.17, 15) is 0 Å². The summed E-state index contributed by atoms with van der Waals surface area (Å²) >= 11 is 1.81.